The molecule has 222 valence electrons. The molecule has 5 heteroatoms. The van der Waals surface area contributed by atoms with Gasteiger partial charge in [-0.05, 0) is 23.3 Å². The number of hydrogen-bond donors (Lipinski definition) is 1. The Morgan fingerprint density at radius 3 is 1.56 bits per heavy atom. The Morgan fingerprint density at radius 1 is 0.732 bits per heavy atom. The van der Waals surface area contributed by atoms with E-state index >= 15 is 0 Å². The van der Waals surface area contributed by atoms with Crippen LogP contribution in [0.4, 0.5) is 0 Å². The van der Waals surface area contributed by atoms with Crippen molar-refractivity contribution in [3.05, 3.63) is 107 Å². The van der Waals surface area contributed by atoms with Crippen molar-refractivity contribution in [2.24, 2.45) is 5.41 Å². The van der Waals surface area contributed by atoms with E-state index < -0.39 is 5.60 Å². The quantitative estimate of drug-likeness (QED) is 0.212. The summed E-state index contributed by atoms with van der Waals surface area (Å²) < 4.78 is 1.09. The summed E-state index contributed by atoms with van der Waals surface area (Å²) in [6.07, 6.45) is 11.5. The zero-order valence-electron chi connectivity index (χ0n) is 24.9. The van der Waals surface area contributed by atoms with Gasteiger partial charge in [-0.15, -0.1) is 17.0 Å². The third kappa shape index (κ3) is 8.11. The Hall–Kier alpha value is -1.97. The maximum Gasteiger partial charge on any atom is 0.121 e. The number of benzene rings is 3. The van der Waals surface area contributed by atoms with Crippen LogP contribution in [-0.4, -0.2) is 29.2 Å². The predicted molar refractivity (Wildman–Crippen MR) is 171 cm³/mol. The highest BCUT2D eigenvalue weighted by atomic mass is 79.9. The van der Waals surface area contributed by atoms with Gasteiger partial charge in [-0.3, -0.25) is 0 Å². The van der Waals surface area contributed by atoms with Gasteiger partial charge in [0.15, 0.2) is 0 Å². The standard InChI is InChI=1S/C28H29N2O.C8H18.2BrH/c29-21-23-11-13-24(14-12-23)22-30-18-15-27(16-19-30,17-20-30)28(31,25-7-3-1-4-8-25)26-9-5-2-6-10-26;1-3-5-7-8-6-4-2;;/h1-14,31H,15-20,22H2;3-8H2,1-2H3;2*1H/q+1;;;/p-1. The first kappa shape index (κ1) is 35.2. The zero-order valence-corrected chi connectivity index (χ0v) is 28.2. The predicted octanol–water partition coefficient (Wildman–Crippen LogP) is 5.94. The average Bonchev–Trinajstić information content (AvgIpc) is 3.01. The summed E-state index contributed by atoms with van der Waals surface area (Å²) in [5.41, 5.74) is 2.93. The summed E-state index contributed by atoms with van der Waals surface area (Å²) in [6.45, 7) is 8.78. The van der Waals surface area contributed by atoms with Crippen molar-refractivity contribution in [2.45, 2.75) is 83.8 Å². The first-order valence-corrected chi connectivity index (χ1v) is 15.2. The second kappa shape index (κ2) is 16.6. The Kier molecular flexibility index (Phi) is 14.3. The largest absolute Gasteiger partial charge is 1.00 e. The molecule has 1 N–H and O–H groups in total. The van der Waals surface area contributed by atoms with E-state index in [2.05, 4.69) is 56.3 Å². The molecule has 2 bridgehead atoms. The van der Waals surface area contributed by atoms with E-state index in [0.717, 1.165) is 66.6 Å². The lowest BCUT2D eigenvalue weighted by Crippen LogP contribution is -3.00. The molecule has 3 aromatic rings. The molecular weight excluding hydrogens is 636 g/mol. The summed E-state index contributed by atoms with van der Waals surface area (Å²) in [5.74, 6) is 0. The lowest BCUT2D eigenvalue weighted by atomic mass is 9.56. The Morgan fingerprint density at radius 2 is 1.17 bits per heavy atom. The van der Waals surface area contributed by atoms with Crippen LogP contribution in [0.5, 0.6) is 0 Å². The van der Waals surface area contributed by atoms with E-state index in [9.17, 15) is 5.11 Å². The van der Waals surface area contributed by atoms with E-state index in [1.54, 1.807) is 0 Å². The number of aliphatic hydroxyl groups is 1. The number of hydrogen-bond acceptors (Lipinski definition) is 2. The van der Waals surface area contributed by atoms with Gasteiger partial charge in [0.25, 0.3) is 0 Å². The summed E-state index contributed by atoms with van der Waals surface area (Å²) in [4.78, 5) is 0. The number of piperidine rings is 3. The first-order valence-electron chi connectivity index (χ1n) is 15.2. The van der Waals surface area contributed by atoms with E-state index in [0.29, 0.717) is 0 Å². The monoisotopic (exact) mass is 682 g/mol. The highest BCUT2D eigenvalue weighted by molar-refractivity contribution is 8.93. The number of nitrogens with zero attached hydrogens (tertiary/aromatic N) is 2. The topological polar surface area (TPSA) is 44.0 Å². The minimum absolute atomic E-state index is 0. The van der Waals surface area contributed by atoms with Gasteiger partial charge in [0.2, 0.25) is 0 Å². The van der Waals surface area contributed by atoms with E-state index in [1.165, 1.54) is 44.1 Å². The normalized spacial score (nSPS) is 20.9. The van der Waals surface area contributed by atoms with Crippen LogP contribution in [0.2, 0.25) is 0 Å². The molecule has 0 aromatic heterocycles. The van der Waals surface area contributed by atoms with Crippen LogP contribution < -0.4 is 17.0 Å². The van der Waals surface area contributed by atoms with Crippen LogP contribution >= 0.6 is 17.0 Å². The van der Waals surface area contributed by atoms with Gasteiger partial charge in [-0.25, -0.2) is 0 Å². The third-order valence-electron chi connectivity index (χ3n) is 9.40. The fraction of sp³-hybridized carbons (Fsp3) is 0.472. The average molecular weight is 685 g/mol. The van der Waals surface area contributed by atoms with Gasteiger partial charge >= 0.3 is 0 Å². The lowest BCUT2D eigenvalue weighted by Gasteiger charge is -2.60. The molecule has 0 amide bonds. The van der Waals surface area contributed by atoms with E-state index in [4.69, 9.17) is 5.26 Å². The van der Waals surface area contributed by atoms with Crippen molar-refractivity contribution < 1.29 is 26.6 Å². The highest BCUT2D eigenvalue weighted by Crippen LogP contribution is 2.57. The number of unbranched alkanes of at least 4 members (excludes halogenated alkanes) is 5. The van der Waals surface area contributed by atoms with Crippen molar-refractivity contribution in [1.29, 1.82) is 5.26 Å². The van der Waals surface area contributed by atoms with E-state index in [-0.39, 0.29) is 39.4 Å². The molecule has 0 unspecified atom stereocenters. The van der Waals surface area contributed by atoms with Gasteiger partial charge < -0.3 is 26.6 Å². The minimum atomic E-state index is -0.972. The lowest BCUT2D eigenvalue weighted by molar-refractivity contribution is -0.958. The number of rotatable bonds is 10. The summed E-state index contributed by atoms with van der Waals surface area (Å²) in [6, 6.07) is 30.8. The van der Waals surface area contributed by atoms with Crippen molar-refractivity contribution in [3.63, 3.8) is 0 Å². The van der Waals surface area contributed by atoms with Crippen LogP contribution in [0.3, 0.4) is 0 Å². The number of nitriles is 1. The molecule has 6 rings (SSSR count). The molecule has 0 spiro atoms. The molecule has 3 saturated heterocycles. The molecule has 41 heavy (non-hydrogen) atoms. The molecule has 3 nitrogen and oxygen atoms in total. The van der Waals surface area contributed by atoms with Crippen LogP contribution in [0, 0.1) is 16.7 Å². The molecule has 0 atom stereocenters. The van der Waals surface area contributed by atoms with Crippen LogP contribution in [0.1, 0.15) is 93.9 Å². The summed E-state index contributed by atoms with van der Waals surface area (Å²) >= 11 is 0. The molecule has 0 radical (unpaired) electrons. The SMILES string of the molecule is Br.CCCCCCCC.N#Cc1ccc(C[N+]23CCC(C(O)(c4ccccc4)c4ccccc4)(CC2)CC3)cc1.[Br-]. The molecule has 3 heterocycles. The Balaban J connectivity index is 0.000000520. The molecular formula is C36H48Br2N2O. The van der Waals surface area contributed by atoms with E-state index in [1.807, 2.05) is 48.5 Å². The molecule has 0 saturated carbocycles. The van der Waals surface area contributed by atoms with Gasteiger partial charge in [-0.2, -0.15) is 5.26 Å². The molecule has 3 aliphatic rings. The van der Waals surface area contributed by atoms with Crippen LogP contribution in [0.25, 0.3) is 0 Å². The maximum absolute atomic E-state index is 12.4. The summed E-state index contributed by atoms with van der Waals surface area (Å²) in [7, 11) is 0. The summed E-state index contributed by atoms with van der Waals surface area (Å²) in [5, 5.41) is 21.5. The van der Waals surface area contributed by atoms with Gasteiger partial charge in [0.05, 0.1) is 31.3 Å². The first-order chi connectivity index (χ1) is 19.0. The second-order valence-electron chi connectivity index (χ2n) is 11.9. The molecule has 3 aromatic carbocycles. The molecule has 0 aliphatic carbocycles. The fourth-order valence-electron chi connectivity index (χ4n) is 6.91. The number of halogens is 2. The molecule has 3 aliphatic heterocycles. The highest BCUT2D eigenvalue weighted by Gasteiger charge is 2.60. The van der Waals surface area contributed by atoms with Crippen molar-refractivity contribution >= 4 is 17.0 Å². The molecule has 3 fully saturated rings. The second-order valence-corrected chi connectivity index (χ2v) is 11.9. The zero-order chi connectivity index (χ0) is 27.6. The fourth-order valence-corrected chi connectivity index (χ4v) is 6.91. The number of quaternary nitrogens is 1. The van der Waals surface area contributed by atoms with Gasteiger partial charge in [0.1, 0.15) is 12.1 Å². The van der Waals surface area contributed by atoms with Crippen molar-refractivity contribution in [3.8, 4) is 6.07 Å². The van der Waals surface area contributed by atoms with Gasteiger partial charge in [-0.1, -0.05) is 125 Å². The van der Waals surface area contributed by atoms with Crippen molar-refractivity contribution in [1.82, 2.24) is 0 Å². The van der Waals surface area contributed by atoms with Gasteiger partial charge in [0, 0.05) is 30.2 Å². The van der Waals surface area contributed by atoms with Crippen molar-refractivity contribution in [2.75, 3.05) is 19.6 Å². The van der Waals surface area contributed by atoms with Crippen LogP contribution in [0.15, 0.2) is 84.9 Å². The Bertz CT molecular complexity index is 1120. The number of fused-ring (bicyclic) bond motifs is 3. The smallest absolute Gasteiger partial charge is 0.121 e. The minimum Gasteiger partial charge on any atom is -1.00 e. The Labute approximate surface area is 269 Å². The van der Waals surface area contributed by atoms with Crippen LogP contribution in [-0.2, 0) is 12.1 Å². The third-order valence-corrected chi connectivity index (χ3v) is 9.40. The maximum atomic E-state index is 12.4.